The van der Waals surface area contributed by atoms with Crippen LogP contribution in [0.2, 0.25) is 0 Å². The van der Waals surface area contributed by atoms with Crippen molar-refractivity contribution >= 4 is 5.91 Å². The van der Waals surface area contributed by atoms with Crippen molar-refractivity contribution in [2.45, 2.75) is 31.4 Å². The van der Waals surface area contributed by atoms with E-state index in [9.17, 15) is 4.79 Å². The van der Waals surface area contributed by atoms with Gasteiger partial charge in [0, 0.05) is 43.9 Å². The van der Waals surface area contributed by atoms with Crippen LogP contribution in [0.1, 0.15) is 18.5 Å². The van der Waals surface area contributed by atoms with Gasteiger partial charge in [-0.1, -0.05) is 6.07 Å². The van der Waals surface area contributed by atoms with Gasteiger partial charge in [0.1, 0.15) is 6.10 Å². The maximum atomic E-state index is 12.2. The highest BCUT2D eigenvalue weighted by molar-refractivity contribution is 5.76. The zero-order valence-electron chi connectivity index (χ0n) is 13.3. The monoisotopic (exact) mass is 328 g/mol. The molecule has 0 bridgehead atoms. The van der Waals surface area contributed by atoms with Crippen molar-refractivity contribution in [2.24, 2.45) is 0 Å². The molecular weight excluding hydrogens is 308 g/mol. The topological polar surface area (TPSA) is 86.2 Å². The zero-order chi connectivity index (χ0) is 16.6. The third-order valence-corrected chi connectivity index (χ3v) is 3.79. The molecule has 0 radical (unpaired) electrons. The van der Waals surface area contributed by atoms with E-state index in [1.807, 2.05) is 12.1 Å². The van der Waals surface area contributed by atoms with Crippen LogP contribution < -0.4 is 10.1 Å². The number of carbonyl (C=O) groups is 1. The predicted octanol–water partition coefficient (Wildman–Crippen LogP) is 1.16. The lowest BCUT2D eigenvalue weighted by Gasteiger charge is -2.32. The summed E-state index contributed by atoms with van der Waals surface area (Å²) >= 11 is 0. The first-order chi connectivity index (χ1) is 11.8. The van der Waals surface area contributed by atoms with E-state index in [1.54, 1.807) is 30.9 Å². The normalized spacial score (nSPS) is 20.3. The third-order valence-electron chi connectivity index (χ3n) is 3.79. The number of amides is 1. The minimum Gasteiger partial charge on any atom is -0.470 e. The van der Waals surface area contributed by atoms with Crippen molar-refractivity contribution in [1.82, 2.24) is 20.3 Å². The number of carbonyl (C=O) groups excluding carboxylic acids is 1. The van der Waals surface area contributed by atoms with Crippen LogP contribution in [0, 0.1) is 0 Å². The summed E-state index contributed by atoms with van der Waals surface area (Å²) in [5.74, 6) is 0.508. The number of aryl methyl sites for hydroxylation is 1. The Morgan fingerprint density at radius 3 is 3.04 bits per heavy atom. The maximum Gasteiger partial charge on any atom is 0.220 e. The van der Waals surface area contributed by atoms with E-state index in [1.165, 1.54) is 0 Å². The number of aromatic nitrogens is 3. The molecule has 0 saturated carbocycles. The molecule has 7 heteroatoms. The van der Waals surface area contributed by atoms with E-state index in [4.69, 9.17) is 9.47 Å². The molecule has 2 aromatic rings. The Labute approximate surface area is 140 Å². The second kappa shape index (κ2) is 8.35. The highest BCUT2D eigenvalue weighted by Gasteiger charge is 2.29. The first-order valence-corrected chi connectivity index (χ1v) is 8.01. The van der Waals surface area contributed by atoms with Crippen LogP contribution in [0.3, 0.4) is 0 Å². The average molecular weight is 328 g/mol. The smallest absolute Gasteiger partial charge is 0.220 e. The van der Waals surface area contributed by atoms with Crippen molar-refractivity contribution in [3.8, 4) is 5.88 Å². The maximum absolute atomic E-state index is 12.2. The standard InChI is InChI=1S/C17H20N4O3/c22-16(5-4-13-11-18-8-9-19-13)21-14-6-10-23-12-15(14)24-17-3-1-2-7-20-17/h1-3,7-9,11,14-15H,4-6,10,12H2,(H,21,22)/t14-,15-/m0/s1. The Hall–Kier alpha value is -2.54. The van der Waals surface area contributed by atoms with Crippen molar-refractivity contribution < 1.29 is 14.3 Å². The second-order valence-electron chi connectivity index (χ2n) is 5.56. The molecule has 3 rings (SSSR count). The molecule has 24 heavy (non-hydrogen) atoms. The van der Waals surface area contributed by atoms with Crippen LogP contribution in [0.4, 0.5) is 0 Å². The molecule has 0 aliphatic carbocycles. The van der Waals surface area contributed by atoms with Gasteiger partial charge >= 0.3 is 0 Å². The predicted molar refractivity (Wildman–Crippen MR) is 86.4 cm³/mol. The van der Waals surface area contributed by atoms with E-state index in [0.29, 0.717) is 38.4 Å². The van der Waals surface area contributed by atoms with Gasteiger partial charge < -0.3 is 14.8 Å². The van der Waals surface area contributed by atoms with Crippen LogP contribution in [-0.2, 0) is 16.0 Å². The molecule has 126 valence electrons. The molecule has 0 unspecified atom stereocenters. The fourth-order valence-electron chi connectivity index (χ4n) is 2.54. The fourth-order valence-corrected chi connectivity index (χ4v) is 2.54. The molecule has 3 heterocycles. The first kappa shape index (κ1) is 16.3. The Morgan fingerprint density at radius 2 is 2.25 bits per heavy atom. The van der Waals surface area contributed by atoms with Gasteiger partial charge in [0.15, 0.2) is 0 Å². The molecule has 2 aromatic heterocycles. The quantitative estimate of drug-likeness (QED) is 0.856. The lowest BCUT2D eigenvalue weighted by Crippen LogP contribution is -2.51. The summed E-state index contributed by atoms with van der Waals surface area (Å²) in [5.41, 5.74) is 0.806. The lowest BCUT2D eigenvalue weighted by molar-refractivity contribution is -0.124. The van der Waals surface area contributed by atoms with Gasteiger partial charge in [0.25, 0.3) is 0 Å². The van der Waals surface area contributed by atoms with Crippen molar-refractivity contribution in [3.63, 3.8) is 0 Å². The van der Waals surface area contributed by atoms with Gasteiger partial charge in [-0.05, 0) is 18.9 Å². The average Bonchev–Trinajstić information content (AvgIpc) is 2.63. The summed E-state index contributed by atoms with van der Waals surface area (Å²) in [4.78, 5) is 24.5. The summed E-state index contributed by atoms with van der Waals surface area (Å²) in [6, 6.07) is 5.40. The van der Waals surface area contributed by atoms with Gasteiger partial charge in [0.2, 0.25) is 11.8 Å². The van der Waals surface area contributed by atoms with Gasteiger partial charge in [-0.15, -0.1) is 0 Å². The summed E-state index contributed by atoms with van der Waals surface area (Å²) in [7, 11) is 0. The Morgan fingerprint density at radius 1 is 1.29 bits per heavy atom. The van der Waals surface area contributed by atoms with Gasteiger partial charge in [-0.25, -0.2) is 4.98 Å². The highest BCUT2D eigenvalue weighted by atomic mass is 16.5. The molecule has 1 N–H and O–H groups in total. The van der Waals surface area contributed by atoms with Gasteiger partial charge in [0.05, 0.1) is 18.3 Å². The SMILES string of the molecule is O=C(CCc1cnccn1)N[C@H]1CCOC[C@@H]1Oc1ccccn1. The third kappa shape index (κ3) is 4.73. The molecule has 0 spiro atoms. The van der Waals surface area contributed by atoms with Gasteiger partial charge in [-0.2, -0.15) is 0 Å². The number of nitrogens with one attached hydrogen (secondary N) is 1. The first-order valence-electron chi connectivity index (χ1n) is 8.01. The molecule has 1 amide bonds. The molecule has 1 aliphatic rings. The molecular formula is C17H20N4O3. The lowest BCUT2D eigenvalue weighted by atomic mass is 10.1. The Balaban J connectivity index is 1.52. The number of pyridine rings is 1. The van der Waals surface area contributed by atoms with Crippen molar-refractivity contribution in [2.75, 3.05) is 13.2 Å². The number of hydrogen-bond acceptors (Lipinski definition) is 6. The number of nitrogens with zero attached hydrogens (tertiary/aromatic N) is 3. The molecule has 2 atom stereocenters. The molecule has 1 aliphatic heterocycles. The van der Waals surface area contributed by atoms with Crippen LogP contribution in [0.15, 0.2) is 43.0 Å². The number of rotatable bonds is 6. The molecule has 7 nitrogen and oxygen atoms in total. The summed E-state index contributed by atoms with van der Waals surface area (Å²) in [5, 5.41) is 3.04. The van der Waals surface area contributed by atoms with E-state index in [0.717, 1.165) is 5.69 Å². The number of ether oxygens (including phenoxy) is 2. The zero-order valence-corrected chi connectivity index (χ0v) is 13.3. The van der Waals surface area contributed by atoms with Crippen LogP contribution in [0.25, 0.3) is 0 Å². The summed E-state index contributed by atoms with van der Waals surface area (Å²) in [6.07, 6.45) is 8.00. The van der Waals surface area contributed by atoms with E-state index in [-0.39, 0.29) is 18.1 Å². The van der Waals surface area contributed by atoms with Crippen molar-refractivity contribution in [3.05, 3.63) is 48.7 Å². The number of hydrogen-bond donors (Lipinski definition) is 1. The van der Waals surface area contributed by atoms with Gasteiger partial charge in [-0.3, -0.25) is 14.8 Å². The molecule has 1 saturated heterocycles. The summed E-state index contributed by atoms with van der Waals surface area (Å²) in [6.45, 7) is 1.04. The Bertz CT molecular complexity index is 639. The minimum atomic E-state index is -0.242. The summed E-state index contributed by atoms with van der Waals surface area (Å²) < 4.78 is 11.3. The minimum absolute atomic E-state index is 0.0258. The van der Waals surface area contributed by atoms with E-state index >= 15 is 0 Å². The van der Waals surface area contributed by atoms with Crippen LogP contribution in [0.5, 0.6) is 5.88 Å². The molecule has 1 fully saturated rings. The largest absolute Gasteiger partial charge is 0.470 e. The second-order valence-corrected chi connectivity index (χ2v) is 5.56. The van der Waals surface area contributed by atoms with Crippen LogP contribution in [-0.4, -0.2) is 46.2 Å². The highest BCUT2D eigenvalue weighted by Crippen LogP contribution is 2.15. The van der Waals surface area contributed by atoms with Crippen molar-refractivity contribution in [1.29, 1.82) is 0 Å². The molecule has 0 aromatic carbocycles. The van der Waals surface area contributed by atoms with Crippen LogP contribution >= 0.6 is 0 Å². The Kier molecular flexibility index (Phi) is 5.68. The van der Waals surface area contributed by atoms with E-state index < -0.39 is 0 Å². The van der Waals surface area contributed by atoms with E-state index in [2.05, 4.69) is 20.3 Å². The fraction of sp³-hybridized carbons (Fsp3) is 0.412.